The van der Waals surface area contributed by atoms with Gasteiger partial charge in [-0.05, 0) is 31.7 Å². The SMILES string of the molecule is CS(=O)(=O)NC1CCC(Nc2nccc(-n3ncc4ccccc43)n2)CC1. The van der Waals surface area contributed by atoms with Crippen LogP contribution in [0, 0.1) is 0 Å². The number of nitrogens with zero attached hydrogens (tertiary/aromatic N) is 4. The number of para-hydroxylation sites is 1. The zero-order valence-corrected chi connectivity index (χ0v) is 15.9. The molecule has 0 atom stereocenters. The molecule has 2 aromatic heterocycles. The summed E-state index contributed by atoms with van der Waals surface area (Å²) in [6, 6.07) is 10.1. The lowest BCUT2D eigenvalue weighted by Gasteiger charge is -2.29. The van der Waals surface area contributed by atoms with Crippen molar-refractivity contribution < 1.29 is 8.42 Å². The van der Waals surface area contributed by atoms with E-state index in [2.05, 4.69) is 25.1 Å². The largest absolute Gasteiger partial charge is 0.351 e. The highest BCUT2D eigenvalue weighted by Gasteiger charge is 2.23. The summed E-state index contributed by atoms with van der Waals surface area (Å²) in [7, 11) is -3.15. The zero-order valence-electron chi connectivity index (χ0n) is 15.0. The van der Waals surface area contributed by atoms with E-state index in [1.165, 1.54) is 6.26 Å². The Bertz CT molecular complexity index is 1040. The topological polar surface area (TPSA) is 102 Å². The Balaban J connectivity index is 1.45. The molecule has 1 fully saturated rings. The number of nitrogens with one attached hydrogen (secondary N) is 2. The van der Waals surface area contributed by atoms with Crippen molar-refractivity contribution in [1.82, 2.24) is 24.5 Å². The average Bonchev–Trinajstić information content (AvgIpc) is 3.07. The van der Waals surface area contributed by atoms with E-state index in [4.69, 9.17) is 0 Å². The van der Waals surface area contributed by atoms with Gasteiger partial charge in [-0.15, -0.1) is 0 Å². The second-order valence-electron chi connectivity index (χ2n) is 6.94. The minimum atomic E-state index is -3.15. The Labute approximate surface area is 158 Å². The van der Waals surface area contributed by atoms with E-state index >= 15 is 0 Å². The van der Waals surface area contributed by atoms with Crippen molar-refractivity contribution in [2.24, 2.45) is 0 Å². The molecule has 1 saturated carbocycles. The number of hydrogen-bond donors (Lipinski definition) is 2. The second-order valence-corrected chi connectivity index (χ2v) is 8.72. The Morgan fingerprint density at radius 1 is 1.07 bits per heavy atom. The van der Waals surface area contributed by atoms with E-state index < -0.39 is 10.0 Å². The highest BCUT2D eigenvalue weighted by Crippen LogP contribution is 2.22. The first-order valence-corrected chi connectivity index (χ1v) is 10.9. The number of sulfonamides is 1. The first kappa shape index (κ1) is 17.9. The molecule has 142 valence electrons. The van der Waals surface area contributed by atoms with Crippen LogP contribution < -0.4 is 10.0 Å². The molecule has 4 rings (SSSR count). The molecule has 0 aliphatic heterocycles. The third kappa shape index (κ3) is 4.25. The van der Waals surface area contributed by atoms with E-state index in [0.29, 0.717) is 11.8 Å². The highest BCUT2D eigenvalue weighted by molar-refractivity contribution is 7.88. The minimum Gasteiger partial charge on any atom is -0.351 e. The van der Waals surface area contributed by atoms with E-state index in [0.717, 1.165) is 36.6 Å². The first-order valence-electron chi connectivity index (χ1n) is 8.98. The molecule has 8 nitrogen and oxygen atoms in total. The number of rotatable bonds is 5. The smallest absolute Gasteiger partial charge is 0.224 e. The number of benzene rings is 1. The fourth-order valence-corrected chi connectivity index (χ4v) is 4.37. The Morgan fingerprint density at radius 3 is 2.59 bits per heavy atom. The standard InChI is InChI=1S/C18H22N6O2S/c1-27(25,26)23-15-8-6-14(7-9-15)21-18-19-11-10-17(22-18)24-16-5-3-2-4-13(16)12-20-24/h2-5,10-12,14-15,23H,6-9H2,1H3,(H,19,21,22). The van der Waals surface area contributed by atoms with Crippen LogP contribution in [0.15, 0.2) is 42.7 Å². The van der Waals surface area contributed by atoms with Crippen molar-refractivity contribution in [3.05, 3.63) is 42.7 Å². The molecule has 0 unspecified atom stereocenters. The predicted molar refractivity (Wildman–Crippen MR) is 104 cm³/mol. The summed E-state index contributed by atoms with van der Waals surface area (Å²) >= 11 is 0. The van der Waals surface area contributed by atoms with Crippen LogP contribution in [0.4, 0.5) is 5.95 Å². The van der Waals surface area contributed by atoms with Crippen LogP contribution in [-0.2, 0) is 10.0 Å². The van der Waals surface area contributed by atoms with E-state index in [1.807, 2.05) is 36.5 Å². The summed E-state index contributed by atoms with van der Waals surface area (Å²) in [6.07, 6.45) is 8.08. The number of hydrogen-bond acceptors (Lipinski definition) is 6. The average molecular weight is 386 g/mol. The molecule has 1 aliphatic rings. The zero-order chi connectivity index (χ0) is 18.9. The van der Waals surface area contributed by atoms with Gasteiger partial charge in [-0.1, -0.05) is 18.2 Å². The van der Waals surface area contributed by atoms with Gasteiger partial charge in [0.2, 0.25) is 16.0 Å². The lowest BCUT2D eigenvalue weighted by molar-refractivity contribution is 0.387. The van der Waals surface area contributed by atoms with Crippen LogP contribution in [0.2, 0.25) is 0 Å². The molecule has 0 amide bonds. The predicted octanol–water partition coefficient (Wildman–Crippen LogP) is 2.09. The third-order valence-corrected chi connectivity index (χ3v) is 5.54. The van der Waals surface area contributed by atoms with Crippen LogP contribution in [0.5, 0.6) is 0 Å². The van der Waals surface area contributed by atoms with Gasteiger partial charge in [0, 0.05) is 29.7 Å². The molecule has 1 aliphatic carbocycles. The van der Waals surface area contributed by atoms with Gasteiger partial charge in [-0.3, -0.25) is 0 Å². The van der Waals surface area contributed by atoms with Crippen molar-refractivity contribution in [3.8, 4) is 5.82 Å². The summed E-state index contributed by atoms with van der Waals surface area (Å²) in [5, 5.41) is 8.86. The molecule has 3 aromatic rings. The second kappa shape index (κ2) is 7.24. The first-order chi connectivity index (χ1) is 13.0. The fraction of sp³-hybridized carbons (Fsp3) is 0.389. The van der Waals surface area contributed by atoms with Crippen LogP contribution in [0.1, 0.15) is 25.7 Å². The quantitative estimate of drug-likeness (QED) is 0.696. The van der Waals surface area contributed by atoms with Crippen molar-refractivity contribution in [2.45, 2.75) is 37.8 Å². The summed E-state index contributed by atoms with van der Waals surface area (Å²) in [5.41, 5.74) is 0.995. The minimum absolute atomic E-state index is 0.0146. The van der Waals surface area contributed by atoms with Gasteiger partial charge in [0.15, 0.2) is 5.82 Å². The summed E-state index contributed by atoms with van der Waals surface area (Å²) in [5.74, 6) is 1.27. The van der Waals surface area contributed by atoms with E-state index in [-0.39, 0.29) is 12.1 Å². The van der Waals surface area contributed by atoms with Crippen LogP contribution in [0.3, 0.4) is 0 Å². The maximum Gasteiger partial charge on any atom is 0.224 e. The third-order valence-electron chi connectivity index (χ3n) is 4.78. The number of aromatic nitrogens is 4. The maximum absolute atomic E-state index is 11.4. The Hall–Kier alpha value is -2.52. The van der Waals surface area contributed by atoms with Gasteiger partial charge in [0.25, 0.3) is 0 Å². The molecular weight excluding hydrogens is 364 g/mol. The lowest BCUT2D eigenvalue weighted by atomic mass is 9.92. The molecule has 9 heteroatoms. The van der Waals surface area contributed by atoms with Gasteiger partial charge < -0.3 is 5.32 Å². The van der Waals surface area contributed by atoms with Gasteiger partial charge in [0.1, 0.15) is 0 Å². The summed E-state index contributed by atoms with van der Waals surface area (Å²) in [6.45, 7) is 0. The highest BCUT2D eigenvalue weighted by atomic mass is 32.2. The lowest BCUT2D eigenvalue weighted by Crippen LogP contribution is -2.39. The van der Waals surface area contributed by atoms with Crippen LogP contribution in [0.25, 0.3) is 16.7 Å². The fourth-order valence-electron chi connectivity index (χ4n) is 3.53. The van der Waals surface area contributed by atoms with Crippen molar-refractivity contribution in [1.29, 1.82) is 0 Å². The van der Waals surface area contributed by atoms with E-state index in [1.54, 1.807) is 10.9 Å². The maximum atomic E-state index is 11.4. The monoisotopic (exact) mass is 386 g/mol. The normalized spacial score (nSPS) is 20.6. The van der Waals surface area contributed by atoms with Crippen LogP contribution >= 0.6 is 0 Å². The number of anilines is 1. The van der Waals surface area contributed by atoms with Crippen molar-refractivity contribution in [3.63, 3.8) is 0 Å². The summed E-state index contributed by atoms with van der Waals surface area (Å²) < 4.78 is 27.2. The van der Waals surface area contributed by atoms with E-state index in [9.17, 15) is 8.42 Å². The number of fused-ring (bicyclic) bond motifs is 1. The Kier molecular flexibility index (Phi) is 4.79. The van der Waals surface area contributed by atoms with Crippen molar-refractivity contribution in [2.75, 3.05) is 11.6 Å². The van der Waals surface area contributed by atoms with Gasteiger partial charge in [-0.2, -0.15) is 10.1 Å². The molecule has 0 bridgehead atoms. The van der Waals surface area contributed by atoms with Gasteiger partial charge >= 0.3 is 0 Å². The van der Waals surface area contributed by atoms with Gasteiger partial charge in [-0.25, -0.2) is 22.8 Å². The molecule has 0 radical (unpaired) electrons. The Morgan fingerprint density at radius 2 is 1.81 bits per heavy atom. The summed E-state index contributed by atoms with van der Waals surface area (Å²) in [4.78, 5) is 8.93. The van der Waals surface area contributed by atoms with Crippen LogP contribution in [-0.4, -0.2) is 46.5 Å². The molecule has 1 aromatic carbocycles. The van der Waals surface area contributed by atoms with Crippen molar-refractivity contribution >= 4 is 26.9 Å². The molecular formula is C18H22N6O2S. The molecule has 2 heterocycles. The van der Waals surface area contributed by atoms with Gasteiger partial charge in [0.05, 0.1) is 18.0 Å². The molecule has 27 heavy (non-hydrogen) atoms. The molecule has 0 spiro atoms. The molecule has 2 N–H and O–H groups in total. The molecule has 0 saturated heterocycles.